The number of halogens is 2. The summed E-state index contributed by atoms with van der Waals surface area (Å²) in [5.74, 6) is 1.83. The number of hydrogen-bond donors (Lipinski definition) is 1. The molecule has 0 bridgehead atoms. The van der Waals surface area contributed by atoms with E-state index < -0.39 is 0 Å². The number of rotatable bonds is 8. The van der Waals surface area contributed by atoms with E-state index in [1.54, 1.807) is 42.4 Å². The van der Waals surface area contributed by atoms with Crippen LogP contribution in [0, 0.1) is 6.92 Å². The number of ether oxygens (including phenoxy) is 1. The molecule has 3 aromatic rings. The Morgan fingerprint density at radius 3 is 2.52 bits per heavy atom. The van der Waals surface area contributed by atoms with Crippen molar-refractivity contribution in [1.29, 1.82) is 0 Å². The molecule has 31 heavy (non-hydrogen) atoms. The number of likely N-dealkylation sites (N-methyl/N-ethyl adjacent to an activating group) is 2. The highest BCUT2D eigenvalue weighted by Crippen LogP contribution is 2.26. The third kappa shape index (κ3) is 7.99. The van der Waals surface area contributed by atoms with E-state index in [9.17, 15) is 4.79 Å². The minimum absolute atomic E-state index is 0. The van der Waals surface area contributed by atoms with Crippen molar-refractivity contribution in [2.75, 3.05) is 39.5 Å². The molecule has 0 aliphatic heterocycles. The quantitative estimate of drug-likeness (QED) is 0.493. The largest absolute Gasteiger partial charge is 0.457 e. The Balaban J connectivity index is 0.00000240. The van der Waals surface area contributed by atoms with Gasteiger partial charge >= 0.3 is 0 Å². The zero-order valence-electron chi connectivity index (χ0n) is 17.9. The smallest absolute Gasteiger partial charge is 0.253 e. The fourth-order valence-corrected chi connectivity index (χ4v) is 3.26. The maximum atomic E-state index is 12.6. The van der Waals surface area contributed by atoms with Crippen molar-refractivity contribution in [3.63, 3.8) is 0 Å². The Hall–Kier alpha value is -2.39. The molecule has 0 unspecified atom stereocenters. The summed E-state index contributed by atoms with van der Waals surface area (Å²) in [6.45, 7) is 3.41. The van der Waals surface area contributed by atoms with Gasteiger partial charge < -0.3 is 19.9 Å². The molecule has 1 aromatic carbocycles. The van der Waals surface area contributed by atoms with Gasteiger partial charge in [-0.15, -0.1) is 36.2 Å². The van der Waals surface area contributed by atoms with Crippen molar-refractivity contribution >= 4 is 53.0 Å². The average molecular weight is 484 g/mol. The number of nitrogens with zero attached hydrogens (tertiary/aromatic N) is 4. The second-order valence-electron chi connectivity index (χ2n) is 6.96. The third-order valence-electron chi connectivity index (χ3n) is 4.13. The number of aryl methyl sites for hydroxylation is 1. The fourth-order valence-electron chi connectivity index (χ4n) is 2.56. The number of hydrogen-bond acceptors (Lipinski definition) is 7. The van der Waals surface area contributed by atoms with Crippen molar-refractivity contribution in [2.24, 2.45) is 0 Å². The van der Waals surface area contributed by atoms with Crippen LogP contribution < -0.4 is 10.1 Å². The molecule has 0 aliphatic carbocycles. The van der Waals surface area contributed by atoms with Crippen molar-refractivity contribution in [3.8, 4) is 11.5 Å². The molecule has 0 radical (unpaired) electrons. The molecule has 0 spiro atoms. The van der Waals surface area contributed by atoms with Crippen LogP contribution in [-0.2, 0) is 0 Å². The van der Waals surface area contributed by atoms with Crippen LogP contribution in [0.4, 0.5) is 10.9 Å². The Morgan fingerprint density at radius 2 is 1.84 bits per heavy atom. The van der Waals surface area contributed by atoms with Gasteiger partial charge in [0.2, 0.25) is 0 Å². The first-order valence-corrected chi connectivity index (χ1v) is 10.1. The van der Waals surface area contributed by atoms with E-state index >= 15 is 0 Å². The first kappa shape index (κ1) is 26.6. The Labute approximate surface area is 199 Å². The lowest BCUT2D eigenvalue weighted by Crippen LogP contribution is -2.33. The standard InChI is InChI=1S/C21H25N5O2S.2ClH/c1-15-14-29-21(23-15)24-19-13-18(8-9-22-19)28-17-7-5-6-16(12-17)20(27)26(4)11-10-25(2)3;;/h5-9,12-14H,10-11H2,1-4H3,(H,22,23,24);2*1H. The number of thiazole rings is 1. The topological polar surface area (TPSA) is 70.6 Å². The highest BCUT2D eigenvalue weighted by Gasteiger charge is 2.13. The van der Waals surface area contributed by atoms with E-state index in [0.717, 1.165) is 17.4 Å². The summed E-state index contributed by atoms with van der Waals surface area (Å²) in [5, 5.41) is 5.92. The molecule has 10 heteroatoms. The van der Waals surface area contributed by atoms with Gasteiger partial charge in [0.25, 0.3) is 5.91 Å². The van der Waals surface area contributed by atoms with Crippen LogP contribution in [0.5, 0.6) is 11.5 Å². The summed E-state index contributed by atoms with van der Waals surface area (Å²) in [6.07, 6.45) is 1.67. The summed E-state index contributed by atoms with van der Waals surface area (Å²) in [5.41, 5.74) is 1.55. The van der Waals surface area contributed by atoms with Gasteiger partial charge in [-0.3, -0.25) is 4.79 Å². The molecule has 0 aliphatic rings. The van der Waals surface area contributed by atoms with E-state index in [4.69, 9.17) is 4.74 Å². The van der Waals surface area contributed by atoms with Crippen LogP contribution in [0.25, 0.3) is 0 Å². The number of benzene rings is 1. The monoisotopic (exact) mass is 483 g/mol. The summed E-state index contributed by atoms with van der Waals surface area (Å²) < 4.78 is 5.95. The number of aromatic nitrogens is 2. The molecular formula is C21H27Cl2N5O2S. The van der Waals surface area contributed by atoms with Crippen molar-refractivity contribution in [3.05, 3.63) is 59.2 Å². The van der Waals surface area contributed by atoms with Gasteiger partial charge in [-0.25, -0.2) is 9.97 Å². The molecular weight excluding hydrogens is 457 g/mol. The molecule has 2 aromatic heterocycles. The number of nitrogens with one attached hydrogen (secondary N) is 1. The predicted molar refractivity (Wildman–Crippen MR) is 131 cm³/mol. The predicted octanol–water partition coefficient (Wildman–Crippen LogP) is 4.86. The lowest BCUT2D eigenvalue weighted by molar-refractivity contribution is 0.0786. The number of pyridine rings is 1. The van der Waals surface area contributed by atoms with Crippen LogP contribution in [0.2, 0.25) is 0 Å². The van der Waals surface area contributed by atoms with Gasteiger partial charge in [0.05, 0.1) is 5.69 Å². The zero-order valence-corrected chi connectivity index (χ0v) is 20.3. The van der Waals surface area contributed by atoms with Crippen LogP contribution >= 0.6 is 36.2 Å². The number of anilines is 2. The van der Waals surface area contributed by atoms with Crippen molar-refractivity contribution < 1.29 is 9.53 Å². The molecule has 0 saturated carbocycles. The molecule has 0 saturated heterocycles. The second-order valence-corrected chi connectivity index (χ2v) is 7.81. The second kappa shape index (κ2) is 12.5. The molecule has 2 heterocycles. The molecule has 3 rings (SSSR count). The van der Waals surface area contributed by atoms with E-state index in [1.165, 1.54) is 11.3 Å². The Kier molecular flexibility index (Phi) is 10.7. The molecule has 1 amide bonds. The highest BCUT2D eigenvalue weighted by atomic mass is 35.5. The van der Waals surface area contributed by atoms with Gasteiger partial charge in [-0.1, -0.05) is 6.07 Å². The normalized spacial score (nSPS) is 10.1. The maximum Gasteiger partial charge on any atom is 0.253 e. The number of carbonyl (C=O) groups excluding carboxylic acids is 1. The number of carbonyl (C=O) groups is 1. The summed E-state index contributed by atoms with van der Waals surface area (Å²) in [6, 6.07) is 10.8. The SMILES string of the molecule is Cc1csc(Nc2cc(Oc3cccc(C(=O)N(C)CCN(C)C)c3)ccn2)n1.Cl.Cl. The Bertz CT molecular complexity index is 984. The average Bonchev–Trinajstić information content (AvgIpc) is 3.10. The lowest BCUT2D eigenvalue weighted by Gasteiger charge is -2.20. The van der Waals surface area contributed by atoms with Gasteiger partial charge in [0.1, 0.15) is 17.3 Å². The first-order valence-electron chi connectivity index (χ1n) is 9.24. The van der Waals surface area contributed by atoms with Crippen LogP contribution in [0.3, 0.4) is 0 Å². The zero-order chi connectivity index (χ0) is 20.8. The summed E-state index contributed by atoms with van der Waals surface area (Å²) in [7, 11) is 5.78. The Morgan fingerprint density at radius 1 is 1.10 bits per heavy atom. The van der Waals surface area contributed by atoms with Crippen LogP contribution in [-0.4, -0.2) is 59.9 Å². The summed E-state index contributed by atoms with van der Waals surface area (Å²) >= 11 is 1.52. The van der Waals surface area contributed by atoms with E-state index in [2.05, 4.69) is 15.3 Å². The van der Waals surface area contributed by atoms with E-state index in [0.29, 0.717) is 29.4 Å². The molecule has 0 fully saturated rings. The molecule has 7 nitrogen and oxygen atoms in total. The first-order chi connectivity index (χ1) is 13.9. The van der Waals surface area contributed by atoms with Gasteiger partial charge in [0, 0.05) is 43.3 Å². The maximum absolute atomic E-state index is 12.6. The van der Waals surface area contributed by atoms with Crippen molar-refractivity contribution in [1.82, 2.24) is 19.8 Å². The molecule has 0 atom stereocenters. The van der Waals surface area contributed by atoms with Crippen LogP contribution in [0.15, 0.2) is 48.0 Å². The number of amides is 1. The van der Waals surface area contributed by atoms with E-state index in [-0.39, 0.29) is 30.7 Å². The lowest BCUT2D eigenvalue weighted by atomic mass is 10.2. The van der Waals surface area contributed by atoms with Crippen LogP contribution in [0.1, 0.15) is 16.1 Å². The minimum Gasteiger partial charge on any atom is -0.457 e. The minimum atomic E-state index is -0.0338. The fraction of sp³-hybridized carbons (Fsp3) is 0.286. The highest BCUT2D eigenvalue weighted by molar-refractivity contribution is 7.13. The molecule has 168 valence electrons. The summed E-state index contributed by atoms with van der Waals surface area (Å²) in [4.78, 5) is 25.1. The van der Waals surface area contributed by atoms with Gasteiger partial charge in [0.15, 0.2) is 5.13 Å². The third-order valence-corrected chi connectivity index (χ3v) is 5.01. The molecule has 1 N–H and O–H groups in total. The van der Waals surface area contributed by atoms with Gasteiger partial charge in [-0.2, -0.15) is 0 Å². The van der Waals surface area contributed by atoms with E-state index in [1.807, 2.05) is 43.4 Å². The van der Waals surface area contributed by atoms with Gasteiger partial charge in [-0.05, 0) is 45.3 Å². The van der Waals surface area contributed by atoms with Crippen molar-refractivity contribution in [2.45, 2.75) is 6.92 Å².